The Morgan fingerprint density at radius 2 is 1.64 bits per heavy atom. The van der Waals surface area contributed by atoms with Gasteiger partial charge in [-0.25, -0.2) is 3.96 Å². The monoisotopic (exact) mass is 321 g/mol. The summed E-state index contributed by atoms with van der Waals surface area (Å²) in [4.78, 5) is 12.8. The maximum atomic E-state index is 12.8. The molecule has 2 nitrogen and oxygen atoms in total. The van der Waals surface area contributed by atoms with Gasteiger partial charge in [0.2, 0.25) is 0 Å². The molecule has 0 saturated heterocycles. The van der Waals surface area contributed by atoms with Crippen molar-refractivity contribution in [2.24, 2.45) is 0 Å². The molecule has 0 N–H and O–H groups in total. The average Bonchev–Trinajstić information content (AvgIpc) is 2.89. The van der Waals surface area contributed by atoms with E-state index in [9.17, 15) is 18.0 Å². The van der Waals surface area contributed by atoms with Crippen LogP contribution >= 0.6 is 11.5 Å². The zero-order valence-corrected chi connectivity index (χ0v) is 12.0. The summed E-state index contributed by atoms with van der Waals surface area (Å²) in [5.41, 5.74) is -0.0444. The topological polar surface area (TPSA) is 22.0 Å². The van der Waals surface area contributed by atoms with Crippen molar-refractivity contribution in [3.63, 3.8) is 0 Å². The van der Waals surface area contributed by atoms with E-state index in [-0.39, 0.29) is 11.2 Å². The van der Waals surface area contributed by atoms with Gasteiger partial charge in [-0.2, -0.15) is 13.2 Å². The largest absolute Gasteiger partial charge is 0.416 e. The van der Waals surface area contributed by atoms with Crippen LogP contribution in [0.2, 0.25) is 0 Å². The minimum Gasteiger partial charge on any atom is -0.268 e. The molecule has 2 aromatic carbocycles. The zero-order valence-electron chi connectivity index (χ0n) is 11.2. The first kappa shape index (κ1) is 14.6. The lowest BCUT2D eigenvalue weighted by Crippen LogP contribution is -2.11. The van der Waals surface area contributed by atoms with Crippen molar-refractivity contribution in [3.8, 4) is 16.1 Å². The molecule has 0 amide bonds. The molecule has 0 aliphatic carbocycles. The number of halogens is 3. The summed E-state index contributed by atoms with van der Waals surface area (Å²) in [6.07, 6.45) is -4.43. The van der Waals surface area contributed by atoms with Crippen molar-refractivity contribution in [2.45, 2.75) is 6.18 Å². The van der Waals surface area contributed by atoms with Gasteiger partial charge in [0.1, 0.15) is 0 Å². The Kier molecular flexibility index (Phi) is 3.62. The van der Waals surface area contributed by atoms with E-state index in [0.29, 0.717) is 4.88 Å². The lowest BCUT2D eigenvalue weighted by atomic mass is 10.2. The van der Waals surface area contributed by atoms with Gasteiger partial charge in [-0.3, -0.25) is 4.79 Å². The van der Waals surface area contributed by atoms with Crippen molar-refractivity contribution in [3.05, 3.63) is 76.6 Å². The average molecular weight is 321 g/mol. The lowest BCUT2D eigenvalue weighted by molar-refractivity contribution is -0.137. The molecule has 1 aromatic heterocycles. The van der Waals surface area contributed by atoms with Gasteiger partial charge in [0.25, 0.3) is 5.56 Å². The first-order chi connectivity index (χ1) is 10.4. The highest BCUT2D eigenvalue weighted by Gasteiger charge is 2.30. The minimum atomic E-state index is -4.43. The third kappa shape index (κ3) is 2.82. The number of benzene rings is 2. The Hall–Kier alpha value is -2.34. The summed E-state index contributed by atoms with van der Waals surface area (Å²) >= 11 is 1.12. The summed E-state index contributed by atoms with van der Waals surface area (Å²) < 4.78 is 39.6. The van der Waals surface area contributed by atoms with Gasteiger partial charge in [-0.15, -0.1) is 0 Å². The molecule has 0 aliphatic rings. The van der Waals surface area contributed by atoms with Gasteiger partial charge in [0, 0.05) is 6.07 Å². The fourth-order valence-electron chi connectivity index (χ4n) is 2.07. The van der Waals surface area contributed by atoms with Crippen LogP contribution in [-0.4, -0.2) is 3.96 Å². The van der Waals surface area contributed by atoms with Crippen molar-refractivity contribution in [1.82, 2.24) is 3.96 Å². The van der Waals surface area contributed by atoms with Crippen LogP contribution < -0.4 is 5.56 Å². The zero-order chi connectivity index (χ0) is 15.7. The molecule has 3 rings (SSSR count). The summed E-state index contributed by atoms with van der Waals surface area (Å²) in [5, 5.41) is 0. The normalized spacial score (nSPS) is 11.6. The fraction of sp³-hybridized carbons (Fsp3) is 0.0625. The van der Waals surface area contributed by atoms with E-state index in [0.717, 1.165) is 29.2 Å². The highest BCUT2D eigenvalue weighted by atomic mass is 32.1. The van der Waals surface area contributed by atoms with E-state index in [2.05, 4.69) is 0 Å². The van der Waals surface area contributed by atoms with Crippen LogP contribution in [-0.2, 0) is 6.18 Å². The molecule has 1 heterocycles. The van der Waals surface area contributed by atoms with Crippen LogP contribution in [0.15, 0.2) is 65.5 Å². The fourth-order valence-corrected chi connectivity index (χ4v) is 3.02. The van der Waals surface area contributed by atoms with Gasteiger partial charge in [0.15, 0.2) is 0 Å². The highest BCUT2D eigenvalue weighted by Crippen LogP contribution is 2.31. The molecule has 112 valence electrons. The van der Waals surface area contributed by atoms with E-state index in [1.807, 2.05) is 30.3 Å². The van der Waals surface area contributed by atoms with E-state index in [4.69, 9.17) is 0 Å². The molecule has 6 heteroatoms. The number of alkyl halides is 3. The van der Waals surface area contributed by atoms with Gasteiger partial charge in [-0.05, 0) is 23.8 Å². The third-order valence-electron chi connectivity index (χ3n) is 3.11. The van der Waals surface area contributed by atoms with Crippen LogP contribution in [0.4, 0.5) is 13.2 Å². The van der Waals surface area contributed by atoms with Crippen LogP contribution in [0, 0.1) is 0 Å². The molecule has 0 atom stereocenters. The summed E-state index contributed by atoms with van der Waals surface area (Å²) in [7, 11) is 0. The Labute approximate surface area is 128 Å². The summed E-state index contributed by atoms with van der Waals surface area (Å²) in [5.74, 6) is 0. The van der Waals surface area contributed by atoms with E-state index < -0.39 is 11.7 Å². The number of hydrogen-bond donors (Lipinski definition) is 0. The maximum absolute atomic E-state index is 12.8. The number of hydrogen-bond acceptors (Lipinski definition) is 2. The van der Waals surface area contributed by atoms with Crippen molar-refractivity contribution in [1.29, 1.82) is 0 Å². The predicted octanol–water partition coefficient (Wildman–Crippen LogP) is 4.58. The summed E-state index contributed by atoms with van der Waals surface area (Å²) in [6, 6.07) is 15.4. The van der Waals surface area contributed by atoms with Crippen LogP contribution in [0.5, 0.6) is 0 Å². The Bertz CT molecular complexity index is 850. The minimum absolute atomic E-state index is 0.215. The highest BCUT2D eigenvalue weighted by molar-refractivity contribution is 7.10. The molecular weight excluding hydrogens is 311 g/mol. The quantitative estimate of drug-likeness (QED) is 0.677. The molecule has 0 unspecified atom stereocenters. The second-order valence-corrected chi connectivity index (χ2v) is 5.63. The molecule has 0 bridgehead atoms. The molecule has 0 aliphatic heterocycles. The second-order valence-electron chi connectivity index (χ2n) is 4.65. The molecule has 3 aromatic rings. The Balaban J connectivity index is 2.07. The van der Waals surface area contributed by atoms with Crippen LogP contribution in [0.3, 0.4) is 0 Å². The molecule has 0 fully saturated rings. The smallest absolute Gasteiger partial charge is 0.268 e. The molecule has 22 heavy (non-hydrogen) atoms. The standard InChI is InChI=1S/C16H10F3NOS/c17-16(18,19)12-7-4-8-13(9-12)20-15(21)10-14(22-20)11-5-2-1-3-6-11/h1-10H. The SMILES string of the molecule is O=c1cc(-c2ccccc2)sn1-c1cccc(C(F)(F)F)c1. The van der Waals surface area contributed by atoms with E-state index in [1.165, 1.54) is 22.2 Å². The lowest BCUT2D eigenvalue weighted by Gasteiger charge is -2.08. The van der Waals surface area contributed by atoms with Gasteiger partial charge in [0.05, 0.1) is 16.1 Å². The number of nitrogens with zero attached hydrogens (tertiary/aromatic N) is 1. The molecule has 0 saturated carbocycles. The van der Waals surface area contributed by atoms with Crippen molar-refractivity contribution >= 4 is 11.5 Å². The summed E-state index contributed by atoms with van der Waals surface area (Å²) in [6.45, 7) is 0. The van der Waals surface area contributed by atoms with Gasteiger partial charge < -0.3 is 0 Å². The maximum Gasteiger partial charge on any atom is 0.416 e. The Morgan fingerprint density at radius 1 is 0.909 bits per heavy atom. The molecule has 0 radical (unpaired) electrons. The van der Waals surface area contributed by atoms with E-state index >= 15 is 0 Å². The van der Waals surface area contributed by atoms with Gasteiger partial charge >= 0.3 is 6.18 Å². The number of aromatic nitrogens is 1. The molecule has 0 spiro atoms. The van der Waals surface area contributed by atoms with Crippen LogP contribution in [0.1, 0.15) is 5.56 Å². The van der Waals surface area contributed by atoms with Gasteiger partial charge in [-0.1, -0.05) is 47.9 Å². The first-order valence-corrected chi connectivity index (χ1v) is 7.19. The number of rotatable bonds is 2. The Morgan fingerprint density at radius 3 is 2.32 bits per heavy atom. The first-order valence-electron chi connectivity index (χ1n) is 6.41. The third-order valence-corrected chi connectivity index (χ3v) is 4.23. The van der Waals surface area contributed by atoms with Crippen LogP contribution in [0.25, 0.3) is 16.1 Å². The van der Waals surface area contributed by atoms with Crippen molar-refractivity contribution in [2.75, 3.05) is 0 Å². The predicted molar refractivity (Wildman–Crippen MR) is 80.4 cm³/mol. The second kappa shape index (κ2) is 5.46. The van der Waals surface area contributed by atoms with E-state index in [1.54, 1.807) is 0 Å². The van der Waals surface area contributed by atoms with Crippen molar-refractivity contribution < 1.29 is 13.2 Å². The molecular formula is C16H10F3NOS.